The maximum Gasteiger partial charge on any atom is 0.312 e. The van der Waals surface area contributed by atoms with Gasteiger partial charge in [0.1, 0.15) is 5.82 Å². The molecule has 2 amide bonds. The zero-order valence-electron chi connectivity index (χ0n) is 13.8. The first-order valence-electron chi connectivity index (χ1n) is 8.25. The van der Waals surface area contributed by atoms with Crippen molar-refractivity contribution in [3.63, 3.8) is 0 Å². The highest BCUT2D eigenvalue weighted by atomic mass is 19.1. The van der Waals surface area contributed by atoms with Gasteiger partial charge < -0.3 is 15.1 Å². The predicted molar refractivity (Wildman–Crippen MR) is 93.5 cm³/mol. The molecule has 0 bridgehead atoms. The number of rotatable bonds is 3. The molecule has 0 radical (unpaired) electrons. The van der Waals surface area contributed by atoms with Crippen LogP contribution in [0.2, 0.25) is 0 Å². The highest BCUT2D eigenvalue weighted by Crippen LogP contribution is 2.16. The van der Waals surface area contributed by atoms with Crippen molar-refractivity contribution in [2.24, 2.45) is 0 Å². The van der Waals surface area contributed by atoms with Crippen molar-refractivity contribution < 1.29 is 14.0 Å². The summed E-state index contributed by atoms with van der Waals surface area (Å²) in [5.74, 6) is -1.36. The molecule has 1 heterocycles. The molecule has 1 aliphatic heterocycles. The Hall–Kier alpha value is -2.89. The van der Waals surface area contributed by atoms with Crippen molar-refractivity contribution in [1.82, 2.24) is 10.2 Å². The van der Waals surface area contributed by atoms with E-state index in [0.29, 0.717) is 32.7 Å². The van der Waals surface area contributed by atoms with E-state index in [9.17, 15) is 14.0 Å². The van der Waals surface area contributed by atoms with Gasteiger partial charge in [-0.05, 0) is 29.8 Å². The van der Waals surface area contributed by atoms with Gasteiger partial charge in [0.05, 0.1) is 0 Å². The van der Waals surface area contributed by atoms with Gasteiger partial charge in [-0.1, -0.05) is 30.3 Å². The van der Waals surface area contributed by atoms with E-state index >= 15 is 0 Å². The van der Waals surface area contributed by atoms with Crippen LogP contribution in [0.1, 0.15) is 5.56 Å². The topological polar surface area (TPSA) is 52.7 Å². The van der Waals surface area contributed by atoms with Crippen molar-refractivity contribution in [2.75, 3.05) is 31.1 Å². The molecule has 2 aromatic carbocycles. The highest BCUT2D eigenvalue weighted by molar-refractivity contribution is 6.35. The second kappa shape index (κ2) is 7.79. The summed E-state index contributed by atoms with van der Waals surface area (Å²) in [5.41, 5.74) is 1.87. The van der Waals surface area contributed by atoms with Gasteiger partial charge in [-0.25, -0.2) is 4.39 Å². The zero-order valence-corrected chi connectivity index (χ0v) is 13.8. The largest absolute Gasteiger partial charge is 0.368 e. The number of amides is 2. The average molecular weight is 341 g/mol. The summed E-state index contributed by atoms with van der Waals surface area (Å²) in [7, 11) is 0. The quantitative estimate of drug-likeness (QED) is 0.866. The molecule has 25 heavy (non-hydrogen) atoms. The van der Waals surface area contributed by atoms with Gasteiger partial charge in [0, 0.05) is 38.4 Å². The summed E-state index contributed by atoms with van der Waals surface area (Å²) in [6.45, 7) is 2.50. The van der Waals surface area contributed by atoms with Gasteiger partial charge in [-0.2, -0.15) is 0 Å². The third kappa shape index (κ3) is 4.35. The SMILES string of the molecule is O=C(NCc1ccccc1)C(=O)N1CCN(c2ccc(F)cc2)CC1. The first-order valence-corrected chi connectivity index (χ1v) is 8.25. The highest BCUT2D eigenvalue weighted by Gasteiger charge is 2.25. The number of nitrogens with one attached hydrogen (secondary N) is 1. The van der Waals surface area contributed by atoms with E-state index in [-0.39, 0.29) is 5.82 Å². The molecule has 2 aromatic rings. The first kappa shape index (κ1) is 17.0. The van der Waals surface area contributed by atoms with Gasteiger partial charge >= 0.3 is 11.8 Å². The Kier molecular flexibility index (Phi) is 5.28. The van der Waals surface area contributed by atoms with Crippen LogP contribution < -0.4 is 10.2 Å². The lowest BCUT2D eigenvalue weighted by molar-refractivity contribution is -0.146. The normalized spacial score (nSPS) is 14.3. The second-order valence-corrected chi connectivity index (χ2v) is 5.92. The van der Waals surface area contributed by atoms with Crippen LogP contribution in [0, 0.1) is 5.82 Å². The second-order valence-electron chi connectivity index (χ2n) is 5.92. The van der Waals surface area contributed by atoms with Crippen molar-refractivity contribution in [1.29, 1.82) is 0 Å². The molecular weight excluding hydrogens is 321 g/mol. The van der Waals surface area contributed by atoms with Crippen molar-refractivity contribution in [2.45, 2.75) is 6.54 Å². The van der Waals surface area contributed by atoms with Crippen LogP contribution in [0.25, 0.3) is 0 Å². The van der Waals surface area contributed by atoms with Gasteiger partial charge in [-0.3, -0.25) is 9.59 Å². The third-order valence-corrected chi connectivity index (χ3v) is 4.25. The molecule has 0 spiro atoms. The summed E-state index contributed by atoms with van der Waals surface area (Å²) >= 11 is 0. The van der Waals surface area contributed by atoms with Crippen LogP contribution in [0.3, 0.4) is 0 Å². The number of carbonyl (C=O) groups excluding carboxylic acids is 2. The Bertz CT molecular complexity index is 726. The fourth-order valence-electron chi connectivity index (χ4n) is 2.82. The van der Waals surface area contributed by atoms with Crippen LogP contribution >= 0.6 is 0 Å². The summed E-state index contributed by atoms with van der Waals surface area (Å²) in [5, 5.41) is 2.66. The lowest BCUT2D eigenvalue weighted by atomic mass is 10.2. The molecular formula is C19H20FN3O2. The molecule has 3 rings (SSSR count). The number of carbonyl (C=O) groups is 2. The lowest BCUT2D eigenvalue weighted by Crippen LogP contribution is -2.52. The summed E-state index contributed by atoms with van der Waals surface area (Å²) < 4.78 is 13.0. The molecule has 1 N–H and O–H groups in total. The van der Waals surface area contributed by atoms with Crippen LogP contribution in [0.4, 0.5) is 10.1 Å². The fourth-order valence-corrected chi connectivity index (χ4v) is 2.82. The molecule has 0 atom stereocenters. The van der Waals surface area contributed by atoms with Crippen LogP contribution in [0.15, 0.2) is 54.6 Å². The van der Waals surface area contributed by atoms with Gasteiger partial charge in [0.15, 0.2) is 0 Å². The summed E-state index contributed by atoms with van der Waals surface area (Å²) in [4.78, 5) is 27.9. The van der Waals surface area contributed by atoms with E-state index in [1.54, 1.807) is 17.0 Å². The molecule has 1 aliphatic rings. The minimum atomic E-state index is -0.584. The zero-order chi connectivity index (χ0) is 17.6. The molecule has 0 aliphatic carbocycles. The maximum absolute atomic E-state index is 13.0. The summed E-state index contributed by atoms with van der Waals surface area (Å²) in [6.07, 6.45) is 0. The van der Waals surface area contributed by atoms with E-state index in [2.05, 4.69) is 10.2 Å². The molecule has 6 heteroatoms. The summed E-state index contributed by atoms with van der Waals surface area (Å²) in [6, 6.07) is 15.7. The van der Waals surface area contributed by atoms with Crippen molar-refractivity contribution in [3.05, 3.63) is 66.0 Å². The molecule has 1 saturated heterocycles. The Morgan fingerprint density at radius 2 is 1.56 bits per heavy atom. The van der Waals surface area contributed by atoms with Gasteiger partial charge in [0.25, 0.3) is 0 Å². The minimum Gasteiger partial charge on any atom is -0.368 e. The molecule has 0 aromatic heterocycles. The number of piperazine rings is 1. The van der Waals surface area contributed by atoms with Crippen molar-refractivity contribution in [3.8, 4) is 0 Å². The van der Waals surface area contributed by atoms with Crippen molar-refractivity contribution >= 4 is 17.5 Å². The molecule has 0 saturated carbocycles. The fraction of sp³-hybridized carbons (Fsp3) is 0.263. The number of hydrogen-bond acceptors (Lipinski definition) is 3. The minimum absolute atomic E-state index is 0.271. The van der Waals surface area contributed by atoms with E-state index < -0.39 is 11.8 Å². The monoisotopic (exact) mass is 341 g/mol. The van der Waals surface area contributed by atoms with E-state index in [4.69, 9.17) is 0 Å². The van der Waals surface area contributed by atoms with Gasteiger partial charge in [-0.15, -0.1) is 0 Å². The van der Waals surface area contributed by atoms with Crippen LogP contribution in [0.5, 0.6) is 0 Å². The standard InChI is InChI=1S/C19H20FN3O2/c20-16-6-8-17(9-7-16)22-10-12-23(13-11-22)19(25)18(24)21-14-15-4-2-1-3-5-15/h1-9H,10-14H2,(H,21,24). The smallest absolute Gasteiger partial charge is 0.312 e. The third-order valence-electron chi connectivity index (χ3n) is 4.25. The van der Waals surface area contributed by atoms with E-state index in [0.717, 1.165) is 11.3 Å². The van der Waals surface area contributed by atoms with E-state index in [1.165, 1.54) is 12.1 Å². The van der Waals surface area contributed by atoms with Crippen LogP contribution in [-0.2, 0) is 16.1 Å². The Labute approximate surface area is 146 Å². The number of anilines is 1. The Morgan fingerprint density at radius 3 is 2.20 bits per heavy atom. The lowest BCUT2D eigenvalue weighted by Gasteiger charge is -2.35. The average Bonchev–Trinajstić information content (AvgIpc) is 2.67. The number of halogens is 1. The number of benzene rings is 2. The Balaban J connectivity index is 1.49. The van der Waals surface area contributed by atoms with E-state index in [1.807, 2.05) is 30.3 Å². The Morgan fingerprint density at radius 1 is 0.920 bits per heavy atom. The molecule has 1 fully saturated rings. The van der Waals surface area contributed by atoms with Crippen LogP contribution in [-0.4, -0.2) is 42.9 Å². The maximum atomic E-state index is 13.0. The van der Waals surface area contributed by atoms with Gasteiger partial charge in [0.2, 0.25) is 0 Å². The molecule has 5 nitrogen and oxygen atoms in total. The number of nitrogens with zero attached hydrogens (tertiary/aromatic N) is 2. The predicted octanol–water partition coefficient (Wildman–Crippen LogP) is 1.79. The molecule has 0 unspecified atom stereocenters. The first-order chi connectivity index (χ1) is 12.1. The molecule has 130 valence electrons. The number of hydrogen-bond donors (Lipinski definition) is 1.